The van der Waals surface area contributed by atoms with Crippen LogP contribution in [0.4, 0.5) is 5.69 Å². The highest BCUT2D eigenvalue weighted by Gasteiger charge is 1.94. The van der Waals surface area contributed by atoms with E-state index >= 15 is 0 Å². The summed E-state index contributed by atoms with van der Waals surface area (Å²) in [6.45, 7) is 2.07. The van der Waals surface area contributed by atoms with Gasteiger partial charge in [0, 0.05) is 17.9 Å². The predicted octanol–water partition coefficient (Wildman–Crippen LogP) is 1.83. The molecule has 56 valence electrons. The normalized spacial score (nSPS) is 10.6. The third-order valence-electron chi connectivity index (χ3n) is 1.77. The molecule has 0 atom stereocenters. The summed E-state index contributed by atoms with van der Waals surface area (Å²) in [5.41, 5.74) is 8.85. The predicted molar refractivity (Wildman–Crippen MR) is 46.5 cm³/mol. The van der Waals surface area contributed by atoms with Gasteiger partial charge in [-0.15, -0.1) is 0 Å². The van der Waals surface area contributed by atoms with Crippen molar-refractivity contribution in [3.63, 3.8) is 0 Å². The first-order chi connectivity index (χ1) is 5.25. The van der Waals surface area contributed by atoms with Crippen molar-refractivity contribution >= 4 is 11.2 Å². The standard InChI is InChI=1S/C9H10N2/c1-7-2-3-11-6-8(10)5-9(11)4-7/h2-6H,10H2,1H3. The highest BCUT2D eigenvalue weighted by Crippen LogP contribution is 2.12. The lowest BCUT2D eigenvalue weighted by Gasteiger charge is -1.93. The molecule has 0 radical (unpaired) electrons. The van der Waals surface area contributed by atoms with Crippen LogP contribution in [0.5, 0.6) is 0 Å². The SMILES string of the molecule is Cc1ccn2cc(N)cc2c1. The van der Waals surface area contributed by atoms with Gasteiger partial charge in [-0.3, -0.25) is 0 Å². The summed E-state index contributed by atoms with van der Waals surface area (Å²) in [4.78, 5) is 0. The van der Waals surface area contributed by atoms with Crippen molar-refractivity contribution in [1.82, 2.24) is 4.40 Å². The van der Waals surface area contributed by atoms with Crippen LogP contribution >= 0.6 is 0 Å². The first kappa shape index (κ1) is 6.28. The Kier molecular flexibility index (Phi) is 1.15. The zero-order valence-corrected chi connectivity index (χ0v) is 6.41. The summed E-state index contributed by atoms with van der Waals surface area (Å²) >= 11 is 0. The molecule has 0 aliphatic carbocycles. The molecule has 0 amide bonds. The first-order valence-corrected chi connectivity index (χ1v) is 3.59. The number of aromatic nitrogens is 1. The summed E-state index contributed by atoms with van der Waals surface area (Å²) in [5.74, 6) is 0. The topological polar surface area (TPSA) is 30.4 Å². The Balaban J connectivity index is 2.82. The molecular formula is C9H10N2. The molecule has 2 heteroatoms. The number of fused-ring (bicyclic) bond motifs is 1. The van der Waals surface area contributed by atoms with Crippen molar-refractivity contribution in [2.45, 2.75) is 6.92 Å². The molecule has 0 fully saturated rings. The largest absolute Gasteiger partial charge is 0.397 e. The molecular weight excluding hydrogens is 136 g/mol. The number of aryl methyl sites for hydroxylation is 1. The van der Waals surface area contributed by atoms with Crippen LogP contribution in [0.25, 0.3) is 5.52 Å². The summed E-state index contributed by atoms with van der Waals surface area (Å²) in [6.07, 6.45) is 3.93. The molecule has 2 aromatic heterocycles. The lowest BCUT2D eigenvalue weighted by Crippen LogP contribution is -1.81. The van der Waals surface area contributed by atoms with Crippen LogP contribution in [0.1, 0.15) is 5.56 Å². The van der Waals surface area contributed by atoms with Crippen LogP contribution in [0.2, 0.25) is 0 Å². The van der Waals surface area contributed by atoms with Gasteiger partial charge in [-0.2, -0.15) is 0 Å². The van der Waals surface area contributed by atoms with E-state index < -0.39 is 0 Å². The molecule has 2 nitrogen and oxygen atoms in total. The number of nitrogen functional groups attached to an aromatic ring is 1. The fourth-order valence-electron chi connectivity index (χ4n) is 1.24. The van der Waals surface area contributed by atoms with E-state index in [0.29, 0.717) is 0 Å². The molecule has 0 saturated carbocycles. The van der Waals surface area contributed by atoms with E-state index in [4.69, 9.17) is 5.73 Å². The maximum absolute atomic E-state index is 5.62. The number of anilines is 1. The number of nitrogens with two attached hydrogens (primary N) is 1. The third-order valence-corrected chi connectivity index (χ3v) is 1.77. The fraction of sp³-hybridized carbons (Fsp3) is 0.111. The minimum absolute atomic E-state index is 0.815. The molecule has 0 spiro atoms. The van der Waals surface area contributed by atoms with Gasteiger partial charge in [-0.1, -0.05) is 0 Å². The van der Waals surface area contributed by atoms with E-state index in [9.17, 15) is 0 Å². The molecule has 0 aliphatic rings. The molecule has 11 heavy (non-hydrogen) atoms. The second-order valence-corrected chi connectivity index (χ2v) is 2.81. The Bertz CT molecular complexity index is 387. The van der Waals surface area contributed by atoms with Crippen LogP contribution in [0.15, 0.2) is 30.6 Å². The van der Waals surface area contributed by atoms with Gasteiger partial charge in [-0.25, -0.2) is 0 Å². The fourth-order valence-corrected chi connectivity index (χ4v) is 1.24. The quantitative estimate of drug-likeness (QED) is 0.603. The average molecular weight is 146 g/mol. The number of hydrogen-bond donors (Lipinski definition) is 1. The van der Waals surface area contributed by atoms with Gasteiger partial charge >= 0.3 is 0 Å². The van der Waals surface area contributed by atoms with Crippen LogP contribution in [-0.4, -0.2) is 4.40 Å². The molecule has 0 saturated heterocycles. The molecule has 2 N–H and O–H groups in total. The number of nitrogens with zero attached hydrogens (tertiary/aromatic N) is 1. The highest BCUT2D eigenvalue weighted by molar-refractivity contribution is 5.59. The smallest absolute Gasteiger partial charge is 0.0504 e. The second-order valence-electron chi connectivity index (χ2n) is 2.81. The van der Waals surface area contributed by atoms with E-state index in [1.165, 1.54) is 5.56 Å². The Morgan fingerprint density at radius 3 is 3.00 bits per heavy atom. The molecule has 2 aromatic rings. The lowest BCUT2D eigenvalue weighted by atomic mass is 10.3. The number of hydrogen-bond acceptors (Lipinski definition) is 1. The van der Waals surface area contributed by atoms with Crippen LogP contribution in [-0.2, 0) is 0 Å². The Hall–Kier alpha value is -1.44. The molecule has 0 bridgehead atoms. The maximum Gasteiger partial charge on any atom is 0.0504 e. The summed E-state index contributed by atoms with van der Waals surface area (Å²) in [6, 6.07) is 6.13. The lowest BCUT2D eigenvalue weighted by molar-refractivity contribution is 1.19. The average Bonchev–Trinajstić information content (AvgIpc) is 2.27. The summed E-state index contributed by atoms with van der Waals surface area (Å²) < 4.78 is 2.02. The van der Waals surface area contributed by atoms with Crippen LogP contribution in [0, 0.1) is 6.92 Å². The van der Waals surface area contributed by atoms with Crippen molar-refractivity contribution in [2.75, 3.05) is 5.73 Å². The summed E-state index contributed by atoms with van der Waals surface area (Å²) in [5, 5.41) is 0. The molecule has 2 heterocycles. The Labute approximate surface area is 65.3 Å². The van der Waals surface area contributed by atoms with Gasteiger partial charge in [0.15, 0.2) is 0 Å². The van der Waals surface area contributed by atoms with Crippen LogP contribution in [0.3, 0.4) is 0 Å². The van der Waals surface area contributed by atoms with E-state index in [2.05, 4.69) is 19.1 Å². The van der Waals surface area contributed by atoms with E-state index in [0.717, 1.165) is 11.2 Å². The van der Waals surface area contributed by atoms with Crippen molar-refractivity contribution in [2.24, 2.45) is 0 Å². The van der Waals surface area contributed by atoms with E-state index in [1.54, 1.807) is 0 Å². The highest BCUT2D eigenvalue weighted by atomic mass is 14.9. The van der Waals surface area contributed by atoms with Crippen molar-refractivity contribution < 1.29 is 0 Å². The molecule has 2 rings (SSSR count). The first-order valence-electron chi connectivity index (χ1n) is 3.59. The van der Waals surface area contributed by atoms with Crippen LogP contribution < -0.4 is 5.73 Å². The number of pyridine rings is 1. The minimum Gasteiger partial charge on any atom is -0.397 e. The van der Waals surface area contributed by atoms with Crippen molar-refractivity contribution in [1.29, 1.82) is 0 Å². The Morgan fingerprint density at radius 1 is 1.36 bits per heavy atom. The van der Waals surface area contributed by atoms with E-state index in [-0.39, 0.29) is 0 Å². The van der Waals surface area contributed by atoms with Gasteiger partial charge in [0.2, 0.25) is 0 Å². The number of rotatable bonds is 0. The maximum atomic E-state index is 5.62. The zero-order valence-electron chi connectivity index (χ0n) is 6.41. The van der Waals surface area contributed by atoms with E-state index in [1.807, 2.05) is 22.9 Å². The third kappa shape index (κ3) is 0.963. The second kappa shape index (κ2) is 2.02. The van der Waals surface area contributed by atoms with Gasteiger partial charge in [0.05, 0.1) is 5.69 Å². The van der Waals surface area contributed by atoms with Gasteiger partial charge < -0.3 is 10.1 Å². The Morgan fingerprint density at radius 2 is 2.18 bits per heavy atom. The molecule has 0 aromatic carbocycles. The van der Waals surface area contributed by atoms with Crippen molar-refractivity contribution in [3.05, 3.63) is 36.2 Å². The zero-order chi connectivity index (χ0) is 7.84. The molecule has 0 unspecified atom stereocenters. The van der Waals surface area contributed by atoms with Gasteiger partial charge in [-0.05, 0) is 30.7 Å². The van der Waals surface area contributed by atoms with Crippen molar-refractivity contribution in [3.8, 4) is 0 Å². The minimum atomic E-state index is 0.815. The molecule has 0 aliphatic heterocycles. The van der Waals surface area contributed by atoms with Gasteiger partial charge in [0.1, 0.15) is 0 Å². The summed E-state index contributed by atoms with van der Waals surface area (Å²) in [7, 11) is 0. The monoisotopic (exact) mass is 146 g/mol. The van der Waals surface area contributed by atoms with Gasteiger partial charge in [0.25, 0.3) is 0 Å².